The summed E-state index contributed by atoms with van der Waals surface area (Å²) in [6.45, 7) is 0. The van der Waals surface area contributed by atoms with Crippen LogP contribution < -0.4 is 4.90 Å². The van der Waals surface area contributed by atoms with Gasteiger partial charge in [0.15, 0.2) is 0 Å². The minimum Gasteiger partial charge on any atom is -0.467 e. The van der Waals surface area contributed by atoms with Crippen LogP contribution in [-0.2, 0) is 14.3 Å². The maximum absolute atomic E-state index is 13.7. The number of esters is 1. The van der Waals surface area contributed by atoms with Crippen molar-refractivity contribution in [3.63, 3.8) is 0 Å². The Morgan fingerprint density at radius 2 is 1.00 bits per heavy atom. The molecule has 1 fully saturated rings. The fourth-order valence-electron chi connectivity index (χ4n) is 7.49. The number of nitrogens with zero attached hydrogens (tertiary/aromatic N) is 3. The van der Waals surface area contributed by atoms with Crippen LogP contribution in [0.4, 0.5) is 5.69 Å². The quantitative estimate of drug-likeness (QED) is 0.177. The molecular formula is C44H33N5O3. The van der Waals surface area contributed by atoms with Gasteiger partial charge in [0.25, 0.3) is 0 Å². The number of aromatic nitrogens is 4. The van der Waals surface area contributed by atoms with Gasteiger partial charge in [-0.15, -0.1) is 0 Å². The molecule has 8 nitrogen and oxygen atoms in total. The Morgan fingerprint density at radius 1 is 0.596 bits per heavy atom. The lowest BCUT2D eigenvalue weighted by atomic mass is 10.0. The number of hydrogen-bond donors (Lipinski definition) is 2. The first-order valence-electron chi connectivity index (χ1n) is 17.3. The van der Waals surface area contributed by atoms with Crippen LogP contribution in [0, 0.1) is 0 Å². The van der Waals surface area contributed by atoms with E-state index in [1.807, 2.05) is 78.9 Å². The van der Waals surface area contributed by atoms with Gasteiger partial charge in [0.1, 0.15) is 6.04 Å². The number of H-pyrrole nitrogens is 2. The Bertz CT molecular complexity index is 2570. The summed E-state index contributed by atoms with van der Waals surface area (Å²) < 4.78 is 5.19. The Kier molecular flexibility index (Phi) is 7.69. The van der Waals surface area contributed by atoms with Crippen LogP contribution in [0.3, 0.4) is 0 Å². The van der Waals surface area contributed by atoms with E-state index in [2.05, 4.69) is 70.7 Å². The number of amides is 1. The van der Waals surface area contributed by atoms with Gasteiger partial charge in [-0.3, -0.25) is 9.69 Å². The first kappa shape index (κ1) is 31.2. The number of aromatic amines is 2. The molecule has 6 heterocycles. The summed E-state index contributed by atoms with van der Waals surface area (Å²) in [6, 6.07) is 37.9. The molecule has 252 valence electrons. The molecule has 1 saturated heterocycles. The van der Waals surface area contributed by atoms with Crippen molar-refractivity contribution in [3.8, 4) is 33.4 Å². The van der Waals surface area contributed by atoms with Crippen molar-refractivity contribution < 1.29 is 14.3 Å². The molecule has 0 saturated carbocycles. The molecule has 0 unspecified atom stereocenters. The summed E-state index contributed by atoms with van der Waals surface area (Å²) in [4.78, 5) is 46.3. The number of ether oxygens (including phenoxy) is 1. The highest BCUT2D eigenvalue weighted by Gasteiger charge is 2.40. The highest BCUT2D eigenvalue weighted by Crippen LogP contribution is 2.39. The lowest BCUT2D eigenvalue weighted by molar-refractivity contribution is -0.142. The standard InChI is InChI=1S/C44H33N5O3/c1-52-44(51)38-25-26-39(50)49(38)43-36-23-21-34(47-36)41(28-13-7-3-8-14-28)32-19-17-30(45-32)40(27-11-5-2-6-12-27)31-18-20-33(46-31)42(29-15-9-4-10-16-29)35-22-24-37(43)48-35/h2-24,38,45,48H,25-26H2,1H3/t38-/m0/s1. The molecule has 0 spiro atoms. The minimum atomic E-state index is -0.780. The average molecular weight is 680 g/mol. The van der Waals surface area contributed by atoms with Gasteiger partial charge in [-0.25, -0.2) is 14.8 Å². The highest BCUT2D eigenvalue weighted by molar-refractivity contribution is 6.08. The second-order valence-electron chi connectivity index (χ2n) is 12.9. The molecular weight excluding hydrogens is 647 g/mol. The van der Waals surface area contributed by atoms with Crippen molar-refractivity contribution in [2.75, 3.05) is 12.0 Å². The SMILES string of the molecule is COC(=O)[C@@H]1CCC(=O)N1c1c2nc(c(-c3ccccc3)c3ccc([nH]3)c(-c3ccccc3)c3nc(c(-c4ccccc4)c4ccc1[nH]4)C=C3)C=C2. The number of rotatable bonds is 5. The van der Waals surface area contributed by atoms with Gasteiger partial charge < -0.3 is 14.7 Å². The number of methoxy groups -OCH3 is 1. The summed E-state index contributed by atoms with van der Waals surface area (Å²) in [5.41, 5.74) is 12.4. The molecule has 8 bridgehead atoms. The van der Waals surface area contributed by atoms with Crippen LogP contribution in [-0.4, -0.2) is 45.0 Å². The minimum absolute atomic E-state index is 0.166. The van der Waals surface area contributed by atoms with E-state index in [1.165, 1.54) is 7.11 Å². The maximum atomic E-state index is 13.7. The third kappa shape index (κ3) is 5.32. The molecule has 3 aromatic heterocycles. The summed E-state index contributed by atoms with van der Waals surface area (Å²) in [7, 11) is 1.35. The molecule has 2 N–H and O–H groups in total. The molecule has 3 aliphatic heterocycles. The molecule has 0 radical (unpaired) electrons. The second-order valence-corrected chi connectivity index (χ2v) is 12.9. The van der Waals surface area contributed by atoms with Gasteiger partial charge in [0, 0.05) is 39.7 Å². The number of anilines is 1. The van der Waals surface area contributed by atoms with E-state index in [0.29, 0.717) is 23.3 Å². The monoisotopic (exact) mass is 679 g/mol. The number of nitrogens with one attached hydrogen (secondary N) is 2. The van der Waals surface area contributed by atoms with Gasteiger partial charge >= 0.3 is 5.97 Å². The van der Waals surface area contributed by atoms with Gasteiger partial charge in [-0.05, 0) is 71.7 Å². The Hall–Kier alpha value is -6.80. The van der Waals surface area contributed by atoms with E-state index in [4.69, 9.17) is 14.7 Å². The zero-order chi connectivity index (χ0) is 35.2. The topological polar surface area (TPSA) is 104 Å². The Labute approximate surface area is 299 Å². The van der Waals surface area contributed by atoms with E-state index in [1.54, 1.807) is 4.90 Å². The molecule has 8 heteroatoms. The van der Waals surface area contributed by atoms with Gasteiger partial charge in [0.05, 0.1) is 41.1 Å². The molecule has 1 amide bonds. The molecule has 3 aromatic carbocycles. The number of hydrogen-bond acceptors (Lipinski definition) is 5. The van der Waals surface area contributed by atoms with Crippen LogP contribution in [0.25, 0.3) is 79.8 Å². The summed E-state index contributed by atoms with van der Waals surface area (Å²) in [5.74, 6) is -0.629. The van der Waals surface area contributed by atoms with Crippen molar-refractivity contribution in [2.24, 2.45) is 0 Å². The van der Waals surface area contributed by atoms with Crippen LogP contribution in [0.15, 0.2) is 115 Å². The van der Waals surface area contributed by atoms with E-state index in [9.17, 15) is 9.59 Å². The van der Waals surface area contributed by atoms with E-state index in [-0.39, 0.29) is 12.3 Å². The molecule has 9 rings (SSSR count). The lowest BCUT2D eigenvalue weighted by Crippen LogP contribution is -2.39. The summed E-state index contributed by atoms with van der Waals surface area (Å²) in [5, 5.41) is 0. The predicted octanol–water partition coefficient (Wildman–Crippen LogP) is 9.32. The van der Waals surface area contributed by atoms with Crippen LogP contribution in [0.2, 0.25) is 0 Å². The zero-order valence-corrected chi connectivity index (χ0v) is 28.3. The second kappa shape index (κ2) is 12.8. The smallest absolute Gasteiger partial charge is 0.328 e. The third-order valence-electron chi connectivity index (χ3n) is 9.84. The zero-order valence-electron chi connectivity index (χ0n) is 28.3. The predicted molar refractivity (Wildman–Crippen MR) is 208 cm³/mol. The number of carbonyl (C=O) groups excluding carboxylic acids is 2. The normalized spacial score (nSPS) is 15.0. The molecule has 52 heavy (non-hydrogen) atoms. The fraction of sp³-hybridized carbons (Fsp3) is 0.0909. The Balaban J connectivity index is 1.46. The van der Waals surface area contributed by atoms with Crippen molar-refractivity contribution in [1.29, 1.82) is 0 Å². The lowest BCUT2D eigenvalue weighted by Gasteiger charge is -2.23. The van der Waals surface area contributed by atoms with Crippen LogP contribution in [0.1, 0.15) is 35.6 Å². The first-order chi connectivity index (χ1) is 25.6. The molecule has 1 atom stereocenters. The van der Waals surface area contributed by atoms with Crippen molar-refractivity contribution in [3.05, 3.63) is 138 Å². The van der Waals surface area contributed by atoms with Crippen molar-refractivity contribution in [2.45, 2.75) is 18.9 Å². The average Bonchev–Trinajstić information content (AvgIpc) is 4.04. The molecule has 6 aromatic rings. The molecule has 0 aliphatic carbocycles. The number of carbonyl (C=O) groups is 2. The number of fused-ring (bicyclic) bond motifs is 8. The maximum Gasteiger partial charge on any atom is 0.328 e. The summed E-state index contributed by atoms with van der Waals surface area (Å²) in [6.07, 6.45) is 8.59. The van der Waals surface area contributed by atoms with Crippen molar-refractivity contribution >= 4 is 63.9 Å². The van der Waals surface area contributed by atoms with Gasteiger partial charge in [-0.1, -0.05) is 91.0 Å². The van der Waals surface area contributed by atoms with E-state index >= 15 is 0 Å². The largest absolute Gasteiger partial charge is 0.467 e. The van der Waals surface area contributed by atoms with Gasteiger partial charge in [0.2, 0.25) is 5.91 Å². The van der Waals surface area contributed by atoms with Gasteiger partial charge in [-0.2, -0.15) is 0 Å². The third-order valence-corrected chi connectivity index (χ3v) is 9.84. The summed E-state index contributed by atoms with van der Waals surface area (Å²) >= 11 is 0. The van der Waals surface area contributed by atoms with Crippen LogP contribution >= 0.6 is 0 Å². The van der Waals surface area contributed by atoms with Crippen LogP contribution in [0.5, 0.6) is 0 Å². The Morgan fingerprint density at radius 3 is 1.46 bits per heavy atom. The highest BCUT2D eigenvalue weighted by atomic mass is 16.5. The van der Waals surface area contributed by atoms with E-state index in [0.717, 1.165) is 67.0 Å². The fourth-order valence-corrected chi connectivity index (χ4v) is 7.49. The number of benzene rings is 3. The van der Waals surface area contributed by atoms with E-state index < -0.39 is 12.0 Å². The van der Waals surface area contributed by atoms with Crippen molar-refractivity contribution in [1.82, 2.24) is 19.9 Å². The first-order valence-corrected chi connectivity index (χ1v) is 17.3. The molecule has 3 aliphatic rings.